The highest BCUT2D eigenvalue weighted by atomic mass is 19.1. The Morgan fingerprint density at radius 2 is 1.60 bits per heavy atom. The monoisotopic (exact) mass is 275 g/mol. The summed E-state index contributed by atoms with van der Waals surface area (Å²) < 4.78 is 26.1. The fourth-order valence-corrected chi connectivity index (χ4v) is 1.78. The molecule has 2 aromatic carbocycles. The van der Waals surface area contributed by atoms with E-state index in [1.54, 1.807) is 24.3 Å². The third kappa shape index (κ3) is 3.06. The molecule has 0 fully saturated rings. The van der Waals surface area contributed by atoms with Gasteiger partial charge in [-0.1, -0.05) is 12.1 Å². The van der Waals surface area contributed by atoms with Crippen molar-refractivity contribution >= 4 is 17.4 Å². The minimum atomic E-state index is -0.838. The highest BCUT2D eigenvalue weighted by molar-refractivity contribution is 6.08. The van der Waals surface area contributed by atoms with E-state index < -0.39 is 17.5 Å². The maximum atomic E-state index is 13.1. The van der Waals surface area contributed by atoms with Crippen molar-refractivity contribution in [3.8, 4) is 0 Å². The molecule has 2 aromatic rings. The van der Waals surface area contributed by atoms with Crippen molar-refractivity contribution in [2.24, 2.45) is 0 Å². The molecule has 0 bridgehead atoms. The van der Waals surface area contributed by atoms with Crippen LogP contribution >= 0.6 is 0 Å². The minimum absolute atomic E-state index is 0.152. The second-order valence-electron chi connectivity index (χ2n) is 4.21. The number of nitrogens with one attached hydrogen (secondary N) is 1. The van der Waals surface area contributed by atoms with Gasteiger partial charge in [0.1, 0.15) is 11.6 Å². The highest BCUT2D eigenvalue weighted by Crippen LogP contribution is 2.17. The number of amides is 1. The molecule has 20 heavy (non-hydrogen) atoms. The van der Waals surface area contributed by atoms with Crippen LogP contribution in [0.15, 0.2) is 42.5 Å². The maximum Gasteiger partial charge on any atom is 0.255 e. The van der Waals surface area contributed by atoms with E-state index in [4.69, 9.17) is 0 Å². The lowest BCUT2D eigenvalue weighted by Gasteiger charge is -2.09. The first-order valence-electron chi connectivity index (χ1n) is 5.85. The molecule has 3 nitrogen and oxygen atoms in total. The lowest BCUT2D eigenvalue weighted by molar-refractivity contribution is 0.101. The van der Waals surface area contributed by atoms with Gasteiger partial charge >= 0.3 is 0 Å². The molecule has 0 aliphatic carbocycles. The van der Waals surface area contributed by atoms with Gasteiger partial charge in [-0.2, -0.15) is 0 Å². The van der Waals surface area contributed by atoms with Gasteiger partial charge in [-0.05, 0) is 31.2 Å². The molecule has 0 aromatic heterocycles. The first-order chi connectivity index (χ1) is 9.47. The second-order valence-corrected chi connectivity index (χ2v) is 4.21. The number of ketones is 1. The fraction of sp³-hybridized carbons (Fsp3) is 0.0667. The summed E-state index contributed by atoms with van der Waals surface area (Å²) in [5.41, 5.74) is 0.480. The van der Waals surface area contributed by atoms with Gasteiger partial charge < -0.3 is 5.32 Å². The molecular weight excluding hydrogens is 264 g/mol. The number of anilines is 1. The summed E-state index contributed by atoms with van der Waals surface area (Å²) in [6.45, 7) is 1.37. The molecule has 1 amide bonds. The maximum absolute atomic E-state index is 13.1. The summed E-state index contributed by atoms with van der Waals surface area (Å²) in [7, 11) is 0. The third-order valence-corrected chi connectivity index (χ3v) is 2.68. The number of carbonyl (C=O) groups is 2. The zero-order valence-corrected chi connectivity index (χ0v) is 10.6. The van der Waals surface area contributed by atoms with E-state index in [-0.39, 0.29) is 11.3 Å². The summed E-state index contributed by atoms with van der Waals surface area (Å²) in [5.74, 6) is -2.58. The molecule has 1 N–H and O–H groups in total. The number of para-hydroxylation sites is 1. The summed E-state index contributed by atoms with van der Waals surface area (Å²) in [5, 5.41) is 2.47. The van der Waals surface area contributed by atoms with Crippen molar-refractivity contribution in [3.05, 3.63) is 65.2 Å². The van der Waals surface area contributed by atoms with E-state index in [1.165, 1.54) is 6.92 Å². The number of carbonyl (C=O) groups excluding carboxylic acids is 2. The Balaban J connectivity index is 2.30. The molecule has 0 heterocycles. The van der Waals surface area contributed by atoms with Crippen LogP contribution in [-0.2, 0) is 0 Å². The lowest BCUT2D eigenvalue weighted by atomic mass is 10.1. The Morgan fingerprint density at radius 3 is 2.20 bits per heavy atom. The highest BCUT2D eigenvalue weighted by Gasteiger charge is 2.13. The molecule has 0 aliphatic rings. The van der Waals surface area contributed by atoms with Crippen LogP contribution in [0.1, 0.15) is 27.6 Å². The van der Waals surface area contributed by atoms with E-state index >= 15 is 0 Å². The first-order valence-corrected chi connectivity index (χ1v) is 5.85. The van der Waals surface area contributed by atoms with Crippen LogP contribution in [0, 0.1) is 11.6 Å². The molecule has 0 aliphatic heterocycles. The molecule has 0 saturated carbocycles. The van der Waals surface area contributed by atoms with Crippen LogP contribution in [-0.4, -0.2) is 11.7 Å². The van der Waals surface area contributed by atoms with Crippen molar-refractivity contribution in [1.82, 2.24) is 0 Å². The lowest BCUT2D eigenvalue weighted by Crippen LogP contribution is -2.14. The predicted octanol–water partition coefficient (Wildman–Crippen LogP) is 3.42. The molecular formula is C15H11F2NO2. The van der Waals surface area contributed by atoms with Crippen LogP contribution in [0.5, 0.6) is 0 Å². The zero-order valence-electron chi connectivity index (χ0n) is 10.6. The van der Waals surface area contributed by atoms with E-state index in [2.05, 4.69) is 5.32 Å². The van der Waals surface area contributed by atoms with Crippen LogP contribution in [0.25, 0.3) is 0 Å². The Kier molecular flexibility index (Phi) is 3.89. The number of halogens is 2. The number of hydrogen-bond donors (Lipinski definition) is 1. The summed E-state index contributed by atoms with van der Waals surface area (Å²) in [4.78, 5) is 23.4. The van der Waals surface area contributed by atoms with E-state index in [1.807, 2.05) is 0 Å². The fourth-order valence-electron chi connectivity index (χ4n) is 1.78. The van der Waals surface area contributed by atoms with Crippen molar-refractivity contribution in [2.75, 3.05) is 5.32 Å². The van der Waals surface area contributed by atoms with Crippen LogP contribution in [0.3, 0.4) is 0 Å². The van der Waals surface area contributed by atoms with Gasteiger partial charge in [0.15, 0.2) is 5.78 Å². The van der Waals surface area contributed by atoms with Gasteiger partial charge in [0, 0.05) is 17.2 Å². The molecule has 5 heteroatoms. The van der Waals surface area contributed by atoms with Gasteiger partial charge in [0.2, 0.25) is 0 Å². The van der Waals surface area contributed by atoms with Crippen molar-refractivity contribution < 1.29 is 18.4 Å². The van der Waals surface area contributed by atoms with Gasteiger partial charge in [0.05, 0.1) is 5.69 Å². The van der Waals surface area contributed by atoms with Crippen molar-refractivity contribution in [3.63, 3.8) is 0 Å². The van der Waals surface area contributed by atoms with E-state index in [0.29, 0.717) is 17.3 Å². The first kappa shape index (κ1) is 13.9. The Bertz CT molecular complexity index is 663. The summed E-state index contributed by atoms with van der Waals surface area (Å²) in [6.07, 6.45) is 0. The number of hydrogen-bond acceptors (Lipinski definition) is 2. The van der Waals surface area contributed by atoms with Crippen LogP contribution < -0.4 is 5.32 Å². The van der Waals surface area contributed by atoms with E-state index in [0.717, 1.165) is 12.1 Å². The third-order valence-electron chi connectivity index (χ3n) is 2.68. The zero-order chi connectivity index (χ0) is 14.7. The number of Topliss-reactive ketones (excluding diaryl/α,β-unsaturated/α-hetero) is 1. The topological polar surface area (TPSA) is 46.2 Å². The van der Waals surface area contributed by atoms with Gasteiger partial charge in [-0.15, -0.1) is 0 Å². The molecule has 0 unspecified atom stereocenters. The molecule has 2 rings (SSSR count). The van der Waals surface area contributed by atoms with Gasteiger partial charge in [-0.25, -0.2) is 8.78 Å². The largest absolute Gasteiger partial charge is 0.321 e. The number of rotatable bonds is 3. The normalized spacial score (nSPS) is 10.2. The smallest absolute Gasteiger partial charge is 0.255 e. The average molecular weight is 275 g/mol. The standard InChI is InChI=1S/C15H11F2NO2/c1-9(19)13-4-2-3-5-14(13)18-15(20)10-6-11(16)8-12(17)7-10/h2-8H,1H3,(H,18,20). The predicted molar refractivity (Wildman–Crippen MR) is 70.8 cm³/mol. The second kappa shape index (κ2) is 5.61. The SMILES string of the molecule is CC(=O)c1ccccc1NC(=O)c1cc(F)cc(F)c1. The van der Waals surface area contributed by atoms with Crippen LogP contribution in [0.4, 0.5) is 14.5 Å². The minimum Gasteiger partial charge on any atom is -0.321 e. The number of benzene rings is 2. The Morgan fingerprint density at radius 1 is 1.00 bits per heavy atom. The molecule has 0 spiro atoms. The Labute approximate surface area is 114 Å². The summed E-state index contributed by atoms with van der Waals surface area (Å²) >= 11 is 0. The van der Waals surface area contributed by atoms with Crippen molar-refractivity contribution in [1.29, 1.82) is 0 Å². The van der Waals surface area contributed by atoms with E-state index in [9.17, 15) is 18.4 Å². The van der Waals surface area contributed by atoms with Crippen LogP contribution in [0.2, 0.25) is 0 Å². The average Bonchev–Trinajstić information content (AvgIpc) is 2.37. The molecule has 0 saturated heterocycles. The van der Waals surface area contributed by atoms with Crippen molar-refractivity contribution in [2.45, 2.75) is 6.92 Å². The van der Waals surface area contributed by atoms with Gasteiger partial charge in [0.25, 0.3) is 5.91 Å². The Hall–Kier alpha value is -2.56. The molecule has 102 valence electrons. The molecule has 0 radical (unpaired) electrons. The summed E-state index contributed by atoms with van der Waals surface area (Å²) in [6, 6.07) is 8.95. The van der Waals surface area contributed by atoms with Gasteiger partial charge in [-0.3, -0.25) is 9.59 Å². The molecule has 0 atom stereocenters. The quantitative estimate of drug-likeness (QED) is 0.872.